The minimum absolute atomic E-state index is 0.0158. The van der Waals surface area contributed by atoms with Gasteiger partial charge in [0.15, 0.2) is 0 Å². The van der Waals surface area contributed by atoms with E-state index >= 15 is 0 Å². The van der Waals surface area contributed by atoms with Crippen LogP contribution < -0.4 is 10.6 Å². The first-order valence-electron chi connectivity index (χ1n) is 10.9. The van der Waals surface area contributed by atoms with Crippen molar-refractivity contribution < 1.29 is 24.2 Å². The van der Waals surface area contributed by atoms with Crippen LogP contribution in [-0.2, 0) is 14.3 Å². The number of fused-ring (bicyclic) bond motifs is 3. The lowest BCUT2D eigenvalue weighted by Crippen LogP contribution is -2.35. The van der Waals surface area contributed by atoms with Crippen molar-refractivity contribution in [1.29, 1.82) is 0 Å². The third-order valence-electron chi connectivity index (χ3n) is 5.69. The standard InChI is InChI=1S/C25H30N2O5/c1-16(11-12-23(28)27-17(2)13-24(29)30)14-26-25(31)32-15-22-20-9-5-3-7-18(20)19-8-4-6-10-21(19)22/h3-10,16-17,22H,11-15H2,1-2H3,(H,26,31)(H,27,28)(H,29,30). The Hall–Kier alpha value is -3.35. The van der Waals surface area contributed by atoms with E-state index in [1.807, 2.05) is 31.2 Å². The van der Waals surface area contributed by atoms with E-state index in [9.17, 15) is 14.4 Å². The van der Waals surface area contributed by atoms with Gasteiger partial charge >= 0.3 is 12.1 Å². The lowest BCUT2D eigenvalue weighted by Gasteiger charge is -2.16. The van der Waals surface area contributed by atoms with Gasteiger partial charge in [0.2, 0.25) is 5.91 Å². The van der Waals surface area contributed by atoms with Crippen LogP contribution in [0.2, 0.25) is 0 Å². The van der Waals surface area contributed by atoms with Gasteiger partial charge in [0.25, 0.3) is 0 Å². The fourth-order valence-electron chi connectivity index (χ4n) is 4.05. The minimum atomic E-state index is -0.946. The van der Waals surface area contributed by atoms with Crippen molar-refractivity contribution in [2.24, 2.45) is 5.92 Å². The number of benzene rings is 2. The number of rotatable bonds is 10. The van der Waals surface area contributed by atoms with Crippen LogP contribution >= 0.6 is 0 Å². The zero-order valence-electron chi connectivity index (χ0n) is 18.5. The minimum Gasteiger partial charge on any atom is -0.481 e. The van der Waals surface area contributed by atoms with Crippen LogP contribution in [0, 0.1) is 5.92 Å². The molecule has 2 amide bonds. The largest absolute Gasteiger partial charge is 0.481 e. The molecule has 0 fully saturated rings. The summed E-state index contributed by atoms with van der Waals surface area (Å²) >= 11 is 0. The van der Waals surface area contributed by atoms with Gasteiger partial charge in [-0.3, -0.25) is 9.59 Å². The van der Waals surface area contributed by atoms with Gasteiger partial charge in [-0.15, -0.1) is 0 Å². The molecule has 7 heteroatoms. The van der Waals surface area contributed by atoms with Crippen molar-refractivity contribution in [3.05, 3.63) is 59.7 Å². The topological polar surface area (TPSA) is 105 Å². The normalized spacial score (nSPS) is 14.1. The summed E-state index contributed by atoms with van der Waals surface area (Å²) in [5, 5.41) is 14.2. The molecule has 1 aliphatic rings. The Balaban J connectivity index is 1.41. The van der Waals surface area contributed by atoms with Gasteiger partial charge in [-0.2, -0.15) is 0 Å². The molecule has 3 rings (SSSR count). The number of amides is 2. The third-order valence-corrected chi connectivity index (χ3v) is 5.69. The Morgan fingerprint density at radius 2 is 1.59 bits per heavy atom. The molecule has 2 unspecified atom stereocenters. The highest BCUT2D eigenvalue weighted by atomic mass is 16.5. The van der Waals surface area contributed by atoms with Gasteiger partial charge in [-0.1, -0.05) is 55.5 Å². The van der Waals surface area contributed by atoms with Crippen molar-refractivity contribution in [1.82, 2.24) is 10.6 Å². The van der Waals surface area contributed by atoms with Crippen LogP contribution in [0.25, 0.3) is 11.1 Å². The molecule has 0 saturated heterocycles. The number of hydrogen-bond acceptors (Lipinski definition) is 4. The predicted molar refractivity (Wildman–Crippen MR) is 121 cm³/mol. The zero-order chi connectivity index (χ0) is 23.1. The molecule has 0 heterocycles. The van der Waals surface area contributed by atoms with Crippen LogP contribution in [0.5, 0.6) is 0 Å². The highest BCUT2D eigenvalue weighted by Crippen LogP contribution is 2.44. The molecule has 2 atom stereocenters. The number of carboxylic acids is 1. The fourth-order valence-corrected chi connectivity index (χ4v) is 4.05. The number of carboxylic acid groups (broad SMARTS) is 1. The second-order valence-corrected chi connectivity index (χ2v) is 8.42. The van der Waals surface area contributed by atoms with Crippen LogP contribution in [0.15, 0.2) is 48.5 Å². The van der Waals surface area contributed by atoms with Crippen molar-refractivity contribution >= 4 is 18.0 Å². The number of alkyl carbamates (subject to hydrolysis) is 1. The Morgan fingerprint density at radius 1 is 1.00 bits per heavy atom. The van der Waals surface area contributed by atoms with Crippen molar-refractivity contribution in [2.45, 2.75) is 45.1 Å². The molecule has 0 aromatic heterocycles. The van der Waals surface area contributed by atoms with E-state index in [2.05, 4.69) is 34.9 Å². The van der Waals surface area contributed by atoms with Crippen molar-refractivity contribution in [3.8, 4) is 11.1 Å². The third kappa shape index (κ3) is 6.09. The number of nitrogens with one attached hydrogen (secondary N) is 2. The van der Waals surface area contributed by atoms with E-state index in [0.29, 0.717) is 13.0 Å². The molecule has 1 aliphatic carbocycles. The first-order valence-corrected chi connectivity index (χ1v) is 10.9. The molecule has 2 aromatic carbocycles. The Morgan fingerprint density at radius 3 is 2.19 bits per heavy atom. The summed E-state index contributed by atoms with van der Waals surface area (Å²) in [6.07, 6.45) is 0.274. The molecule has 2 aromatic rings. The molecule has 0 saturated carbocycles. The lowest BCUT2D eigenvalue weighted by molar-refractivity contribution is -0.137. The Kier molecular flexibility index (Phi) is 7.87. The van der Waals surface area contributed by atoms with Gasteiger partial charge in [-0.05, 0) is 41.5 Å². The molecule has 7 nitrogen and oxygen atoms in total. The number of hydrogen-bond donors (Lipinski definition) is 3. The summed E-state index contributed by atoms with van der Waals surface area (Å²) in [7, 11) is 0. The molecule has 32 heavy (non-hydrogen) atoms. The monoisotopic (exact) mass is 438 g/mol. The number of aliphatic carboxylic acids is 1. The molecular formula is C25H30N2O5. The van der Waals surface area contributed by atoms with Crippen LogP contribution in [0.1, 0.15) is 50.2 Å². The second kappa shape index (κ2) is 10.8. The van der Waals surface area contributed by atoms with Gasteiger partial charge < -0.3 is 20.5 Å². The Bertz CT molecular complexity index is 929. The summed E-state index contributed by atoms with van der Waals surface area (Å²) < 4.78 is 5.52. The smallest absolute Gasteiger partial charge is 0.407 e. The highest BCUT2D eigenvalue weighted by Gasteiger charge is 2.29. The molecule has 0 spiro atoms. The number of carbonyl (C=O) groups is 3. The first-order chi connectivity index (χ1) is 15.3. The summed E-state index contributed by atoms with van der Waals surface area (Å²) in [5.74, 6) is -1.04. The molecular weight excluding hydrogens is 408 g/mol. The van der Waals surface area contributed by atoms with Crippen LogP contribution in [-0.4, -0.2) is 42.3 Å². The van der Waals surface area contributed by atoms with E-state index in [4.69, 9.17) is 9.84 Å². The maximum atomic E-state index is 12.2. The quantitative estimate of drug-likeness (QED) is 0.521. The molecule has 170 valence electrons. The van der Waals surface area contributed by atoms with E-state index in [1.54, 1.807) is 6.92 Å². The van der Waals surface area contributed by atoms with Gasteiger partial charge in [0.1, 0.15) is 6.61 Å². The maximum absolute atomic E-state index is 12.2. The molecule has 3 N–H and O–H groups in total. The summed E-state index contributed by atoms with van der Waals surface area (Å²) in [4.78, 5) is 34.8. The number of carbonyl (C=O) groups excluding carboxylic acids is 2. The maximum Gasteiger partial charge on any atom is 0.407 e. The van der Waals surface area contributed by atoms with Crippen LogP contribution in [0.4, 0.5) is 4.79 Å². The van der Waals surface area contributed by atoms with E-state index < -0.39 is 18.1 Å². The predicted octanol–water partition coefficient (Wildman–Crippen LogP) is 3.92. The van der Waals surface area contributed by atoms with Crippen molar-refractivity contribution in [2.75, 3.05) is 13.2 Å². The van der Waals surface area contributed by atoms with E-state index in [-0.39, 0.29) is 37.2 Å². The van der Waals surface area contributed by atoms with Crippen molar-refractivity contribution in [3.63, 3.8) is 0 Å². The van der Waals surface area contributed by atoms with Gasteiger partial charge in [0.05, 0.1) is 6.42 Å². The lowest BCUT2D eigenvalue weighted by atomic mass is 9.98. The molecule has 0 aliphatic heterocycles. The zero-order valence-corrected chi connectivity index (χ0v) is 18.5. The SMILES string of the molecule is CC(CCC(=O)NC(C)CC(=O)O)CNC(=O)OCC1c2ccccc2-c2ccccc21. The number of ether oxygens (including phenoxy) is 1. The summed E-state index contributed by atoms with van der Waals surface area (Å²) in [5.41, 5.74) is 4.69. The van der Waals surface area contributed by atoms with E-state index in [0.717, 1.165) is 11.1 Å². The second-order valence-electron chi connectivity index (χ2n) is 8.42. The van der Waals surface area contributed by atoms with E-state index in [1.165, 1.54) is 11.1 Å². The highest BCUT2D eigenvalue weighted by molar-refractivity contribution is 5.79. The fraction of sp³-hybridized carbons (Fsp3) is 0.400. The average Bonchev–Trinajstić information content (AvgIpc) is 3.08. The molecule has 0 bridgehead atoms. The first kappa shape index (κ1) is 23.3. The van der Waals surface area contributed by atoms with Crippen LogP contribution in [0.3, 0.4) is 0 Å². The average molecular weight is 439 g/mol. The summed E-state index contributed by atoms with van der Waals surface area (Å²) in [6, 6.07) is 15.9. The Labute approximate surface area is 188 Å². The summed E-state index contributed by atoms with van der Waals surface area (Å²) in [6.45, 7) is 4.26. The van der Waals surface area contributed by atoms with Gasteiger partial charge in [-0.25, -0.2) is 4.79 Å². The van der Waals surface area contributed by atoms with Gasteiger partial charge in [0, 0.05) is 24.9 Å². The molecule has 0 radical (unpaired) electrons.